The number of rotatable bonds is 5. The average molecular weight is 269 g/mol. The van der Waals surface area contributed by atoms with Gasteiger partial charge in [-0.25, -0.2) is 0 Å². The molecular weight excluding hydrogens is 238 g/mol. The third-order valence-electron chi connectivity index (χ3n) is 5.57. The van der Waals surface area contributed by atoms with Gasteiger partial charge >= 0.3 is 0 Å². The Kier molecular flexibility index (Phi) is 4.56. The molecule has 3 N–H and O–H groups in total. The molecule has 0 aromatic carbocycles. The zero-order chi connectivity index (χ0) is 14.1. The number of nitrogens with two attached hydrogens (primary N) is 1. The van der Waals surface area contributed by atoms with Crippen LogP contribution in [0.3, 0.4) is 0 Å². The minimum atomic E-state index is -0.345. The molecule has 0 radical (unpaired) electrons. The van der Waals surface area contributed by atoms with E-state index in [1.807, 2.05) is 0 Å². The van der Waals surface area contributed by atoms with E-state index < -0.39 is 0 Å². The third-order valence-corrected chi connectivity index (χ3v) is 5.57. The number of likely N-dealkylation sites (N-methyl/N-ethyl adjacent to an activating group) is 2. The molecule has 2 aliphatic carbocycles. The van der Waals surface area contributed by atoms with Gasteiger partial charge in [0.05, 0.1) is 6.61 Å². The van der Waals surface area contributed by atoms with E-state index in [1.54, 1.807) is 0 Å². The van der Waals surface area contributed by atoms with Gasteiger partial charge in [0, 0.05) is 23.7 Å². The first-order valence-corrected chi connectivity index (χ1v) is 7.68. The highest BCUT2D eigenvalue weighted by Gasteiger charge is 2.42. The van der Waals surface area contributed by atoms with Gasteiger partial charge in [-0.2, -0.15) is 0 Å². The smallest absolute Gasteiger partial charge is 0.0611 e. The van der Waals surface area contributed by atoms with Crippen molar-refractivity contribution in [1.29, 1.82) is 0 Å². The molecular formula is C15H31N3O. The fraction of sp³-hybridized carbons (Fsp3) is 1.00. The molecule has 112 valence electrons. The number of nitrogens with zero attached hydrogens (tertiary/aromatic N) is 2. The normalized spacial score (nSPS) is 34.6. The molecule has 4 heteroatoms. The first-order valence-electron chi connectivity index (χ1n) is 7.68. The second-order valence-corrected chi connectivity index (χ2v) is 7.16. The Labute approximate surface area is 117 Å². The molecule has 0 spiro atoms. The number of aliphatic hydroxyl groups is 1. The molecule has 2 atom stereocenters. The minimum Gasteiger partial charge on any atom is -0.394 e. The minimum absolute atomic E-state index is 0.121. The summed E-state index contributed by atoms with van der Waals surface area (Å²) in [5.41, 5.74) is 6.30. The molecule has 0 aromatic rings. The molecule has 0 aromatic heterocycles. The molecule has 2 unspecified atom stereocenters. The van der Waals surface area contributed by atoms with Gasteiger partial charge in [-0.3, -0.25) is 0 Å². The fourth-order valence-corrected chi connectivity index (χ4v) is 3.81. The third kappa shape index (κ3) is 3.13. The molecule has 0 bridgehead atoms. The van der Waals surface area contributed by atoms with Crippen molar-refractivity contribution in [2.45, 2.75) is 62.1 Å². The van der Waals surface area contributed by atoms with Gasteiger partial charge in [-0.15, -0.1) is 0 Å². The molecule has 19 heavy (non-hydrogen) atoms. The monoisotopic (exact) mass is 269 g/mol. The van der Waals surface area contributed by atoms with Crippen LogP contribution in [0.1, 0.15) is 44.9 Å². The SMILES string of the molecule is CN(CC1(N(C)C)CCC1)C1CCCC(N)(CO)C1. The highest BCUT2D eigenvalue weighted by atomic mass is 16.3. The first kappa shape index (κ1) is 15.2. The Bertz CT molecular complexity index is 304. The summed E-state index contributed by atoms with van der Waals surface area (Å²) in [6.07, 6.45) is 8.24. The van der Waals surface area contributed by atoms with Crippen molar-refractivity contribution >= 4 is 0 Å². The largest absolute Gasteiger partial charge is 0.394 e. The molecule has 2 saturated carbocycles. The summed E-state index contributed by atoms with van der Waals surface area (Å²) >= 11 is 0. The maximum Gasteiger partial charge on any atom is 0.0611 e. The number of hydrogen-bond donors (Lipinski definition) is 2. The van der Waals surface area contributed by atoms with Crippen molar-refractivity contribution in [3.63, 3.8) is 0 Å². The summed E-state index contributed by atoms with van der Waals surface area (Å²) in [7, 11) is 6.64. The van der Waals surface area contributed by atoms with E-state index in [4.69, 9.17) is 5.73 Å². The van der Waals surface area contributed by atoms with E-state index in [0.717, 1.165) is 25.8 Å². The predicted octanol–water partition coefficient (Wildman–Crippen LogP) is 1.03. The summed E-state index contributed by atoms with van der Waals surface area (Å²) in [6.45, 7) is 1.25. The van der Waals surface area contributed by atoms with Crippen LogP contribution in [0.2, 0.25) is 0 Å². The predicted molar refractivity (Wildman–Crippen MR) is 79.2 cm³/mol. The second-order valence-electron chi connectivity index (χ2n) is 7.16. The second kappa shape index (κ2) is 5.68. The van der Waals surface area contributed by atoms with E-state index in [9.17, 15) is 5.11 Å². The van der Waals surface area contributed by atoms with E-state index >= 15 is 0 Å². The lowest BCUT2D eigenvalue weighted by Gasteiger charge is -2.51. The Hall–Kier alpha value is -0.160. The van der Waals surface area contributed by atoms with E-state index in [2.05, 4.69) is 30.9 Å². The topological polar surface area (TPSA) is 52.7 Å². The lowest BCUT2D eigenvalue weighted by atomic mass is 9.74. The lowest BCUT2D eigenvalue weighted by Crippen LogP contribution is -2.60. The van der Waals surface area contributed by atoms with E-state index in [-0.39, 0.29) is 12.1 Å². The van der Waals surface area contributed by atoms with Crippen molar-refractivity contribution in [2.75, 3.05) is 34.3 Å². The highest BCUT2D eigenvalue weighted by molar-refractivity contribution is 5.00. The van der Waals surface area contributed by atoms with Crippen molar-refractivity contribution in [3.05, 3.63) is 0 Å². The molecule has 0 aliphatic heterocycles. The van der Waals surface area contributed by atoms with E-state index in [1.165, 1.54) is 25.7 Å². The number of hydrogen-bond acceptors (Lipinski definition) is 4. The van der Waals surface area contributed by atoms with Gasteiger partial charge in [0.25, 0.3) is 0 Å². The van der Waals surface area contributed by atoms with Gasteiger partial charge in [-0.1, -0.05) is 0 Å². The molecule has 0 amide bonds. The Morgan fingerprint density at radius 3 is 2.32 bits per heavy atom. The molecule has 2 rings (SSSR count). The van der Waals surface area contributed by atoms with Gasteiger partial charge in [-0.05, 0) is 66.1 Å². The average Bonchev–Trinajstić information content (AvgIpc) is 2.33. The van der Waals surface area contributed by atoms with Crippen molar-refractivity contribution in [2.24, 2.45) is 5.73 Å². The van der Waals surface area contributed by atoms with Crippen molar-refractivity contribution in [3.8, 4) is 0 Å². The summed E-state index contributed by atoms with van der Waals surface area (Å²) in [5.74, 6) is 0. The zero-order valence-electron chi connectivity index (χ0n) is 12.9. The van der Waals surface area contributed by atoms with Crippen LogP contribution in [-0.2, 0) is 0 Å². The van der Waals surface area contributed by atoms with Gasteiger partial charge in [0.15, 0.2) is 0 Å². The molecule has 0 heterocycles. The van der Waals surface area contributed by atoms with Crippen LogP contribution >= 0.6 is 0 Å². The fourth-order valence-electron chi connectivity index (χ4n) is 3.81. The quantitative estimate of drug-likeness (QED) is 0.783. The standard InChI is InChI=1S/C15H31N3O/c1-17(2)15(8-5-9-15)11-18(3)13-6-4-7-14(16,10-13)12-19/h13,19H,4-12,16H2,1-3H3. The molecule has 2 fully saturated rings. The van der Waals surface area contributed by atoms with Crippen LogP contribution in [0, 0.1) is 0 Å². The van der Waals surface area contributed by atoms with Crippen LogP contribution in [0.5, 0.6) is 0 Å². The summed E-state index contributed by atoms with van der Waals surface area (Å²) in [6, 6.07) is 0.531. The first-order chi connectivity index (χ1) is 8.91. The van der Waals surface area contributed by atoms with E-state index in [0.29, 0.717) is 11.6 Å². The highest BCUT2D eigenvalue weighted by Crippen LogP contribution is 2.38. The van der Waals surface area contributed by atoms with Crippen LogP contribution in [0.4, 0.5) is 0 Å². The van der Waals surface area contributed by atoms with Crippen molar-refractivity contribution < 1.29 is 5.11 Å². The maximum atomic E-state index is 9.48. The summed E-state index contributed by atoms with van der Waals surface area (Å²) < 4.78 is 0. The van der Waals surface area contributed by atoms with Crippen molar-refractivity contribution in [1.82, 2.24) is 9.80 Å². The van der Waals surface area contributed by atoms with Crippen LogP contribution in [0.15, 0.2) is 0 Å². The van der Waals surface area contributed by atoms with Gasteiger partial charge < -0.3 is 20.6 Å². The maximum absolute atomic E-state index is 9.48. The molecule has 0 saturated heterocycles. The molecule has 2 aliphatic rings. The zero-order valence-corrected chi connectivity index (χ0v) is 12.9. The Morgan fingerprint density at radius 2 is 1.84 bits per heavy atom. The Morgan fingerprint density at radius 1 is 1.16 bits per heavy atom. The van der Waals surface area contributed by atoms with Gasteiger partial charge in [0.1, 0.15) is 0 Å². The molecule has 4 nitrogen and oxygen atoms in total. The summed E-state index contributed by atoms with van der Waals surface area (Å²) in [5, 5.41) is 9.48. The van der Waals surface area contributed by atoms with Crippen LogP contribution in [0.25, 0.3) is 0 Å². The Balaban J connectivity index is 1.94. The van der Waals surface area contributed by atoms with Gasteiger partial charge in [0.2, 0.25) is 0 Å². The lowest BCUT2D eigenvalue weighted by molar-refractivity contribution is 0.00196. The summed E-state index contributed by atoms with van der Waals surface area (Å²) in [4.78, 5) is 4.90. The van der Waals surface area contributed by atoms with Crippen LogP contribution < -0.4 is 5.73 Å². The number of aliphatic hydroxyl groups excluding tert-OH is 1. The van der Waals surface area contributed by atoms with Crippen LogP contribution in [-0.4, -0.2) is 66.3 Å².